The van der Waals surface area contributed by atoms with Gasteiger partial charge in [-0.2, -0.15) is 28.0 Å². The van der Waals surface area contributed by atoms with E-state index in [0.717, 1.165) is 25.0 Å². The average molecular weight is 468 g/mol. The molecule has 1 aromatic carbocycles. The molecule has 0 atom stereocenters. The highest BCUT2D eigenvalue weighted by Crippen LogP contribution is 2.34. The molecular formula is C21H15F3N8O2. The Morgan fingerprint density at radius 3 is 2.65 bits per heavy atom. The van der Waals surface area contributed by atoms with Gasteiger partial charge in [0.15, 0.2) is 5.65 Å². The largest absolute Gasteiger partial charge is 0.417 e. The topological polar surface area (TPSA) is 136 Å². The molecule has 3 aromatic rings. The fourth-order valence-electron chi connectivity index (χ4n) is 3.43. The maximum atomic E-state index is 13.4. The molecule has 0 unspecified atom stereocenters. The van der Waals surface area contributed by atoms with E-state index >= 15 is 0 Å². The molecule has 3 amide bonds. The monoisotopic (exact) mass is 468 g/mol. The second-order valence-corrected chi connectivity index (χ2v) is 7.74. The lowest BCUT2D eigenvalue weighted by atomic mass is 10.1. The Hall–Kier alpha value is -4.60. The van der Waals surface area contributed by atoms with Crippen LogP contribution < -0.4 is 21.3 Å². The predicted octanol–water partition coefficient (Wildman–Crippen LogP) is 3.12. The molecule has 1 saturated heterocycles. The molecule has 10 nitrogen and oxygen atoms in total. The van der Waals surface area contributed by atoms with Crippen molar-refractivity contribution in [2.24, 2.45) is 0 Å². The van der Waals surface area contributed by atoms with E-state index in [-0.39, 0.29) is 23.2 Å². The molecule has 2 aliphatic rings. The van der Waals surface area contributed by atoms with E-state index in [9.17, 15) is 22.8 Å². The normalized spacial score (nSPS) is 16.9. The number of hydrogen-bond acceptors (Lipinski definition) is 7. The summed E-state index contributed by atoms with van der Waals surface area (Å²) < 4.78 is 41.6. The SMILES string of the molecule is N#Cc1ccc(Nc2cc(NC3CC3)n3ncc(/C=C4\NC(=O)NC4=O)c3n2)cc1C(F)(F)F. The summed E-state index contributed by atoms with van der Waals surface area (Å²) in [5.74, 6) is 0.157. The molecular weight excluding hydrogens is 453 g/mol. The van der Waals surface area contributed by atoms with E-state index in [4.69, 9.17) is 5.26 Å². The highest BCUT2D eigenvalue weighted by Gasteiger charge is 2.34. The summed E-state index contributed by atoms with van der Waals surface area (Å²) in [4.78, 5) is 27.7. The fraction of sp³-hybridized carbons (Fsp3) is 0.190. The molecule has 1 saturated carbocycles. The zero-order chi connectivity index (χ0) is 24.0. The number of amides is 3. The molecule has 0 bridgehead atoms. The Kier molecular flexibility index (Phi) is 4.85. The zero-order valence-electron chi connectivity index (χ0n) is 17.2. The van der Waals surface area contributed by atoms with Gasteiger partial charge in [0.1, 0.15) is 17.3 Å². The van der Waals surface area contributed by atoms with Crippen LogP contribution in [0.25, 0.3) is 11.7 Å². The minimum absolute atomic E-state index is 0.0127. The summed E-state index contributed by atoms with van der Waals surface area (Å²) in [5.41, 5.74) is -0.736. The van der Waals surface area contributed by atoms with E-state index in [1.54, 1.807) is 12.1 Å². The van der Waals surface area contributed by atoms with Crippen molar-refractivity contribution in [1.82, 2.24) is 25.2 Å². The highest BCUT2D eigenvalue weighted by molar-refractivity contribution is 6.14. The van der Waals surface area contributed by atoms with Crippen LogP contribution in [-0.4, -0.2) is 32.6 Å². The molecule has 172 valence electrons. The summed E-state index contributed by atoms with van der Waals surface area (Å²) in [5, 5.41) is 23.9. The van der Waals surface area contributed by atoms with Gasteiger partial charge in [0.25, 0.3) is 5.91 Å². The van der Waals surface area contributed by atoms with Crippen LogP contribution in [0.15, 0.2) is 36.2 Å². The van der Waals surface area contributed by atoms with E-state index in [2.05, 4.69) is 31.3 Å². The number of nitrogens with zero attached hydrogens (tertiary/aromatic N) is 4. The van der Waals surface area contributed by atoms with Crippen molar-refractivity contribution >= 4 is 41.0 Å². The molecule has 0 radical (unpaired) electrons. The van der Waals surface area contributed by atoms with Gasteiger partial charge in [0.05, 0.1) is 23.4 Å². The molecule has 13 heteroatoms. The number of carbonyl (C=O) groups excluding carboxylic acids is 2. The third-order valence-corrected chi connectivity index (χ3v) is 5.17. The number of hydrogen-bond donors (Lipinski definition) is 4. The van der Waals surface area contributed by atoms with Crippen molar-refractivity contribution in [2.75, 3.05) is 10.6 Å². The number of benzene rings is 1. The minimum atomic E-state index is -4.70. The second kappa shape index (κ2) is 7.77. The Morgan fingerprint density at radius 1 is 1.21 bits per heavy atom. The number of nitrogens with one attached hydrogen (secondary N) is 4. The molecule has 34 heavy (non-hydrogen) atoms. The number of imide groups is 1. The van der Waals surface area contributed by atoms with E-state index in [1.165, 1.54) is 22.9 Å². The summed E-state index contributed by atoms with van der Waals surface area (Å²) in [6.45, 7) is 0. The number of urea groups is 1. The van der Waals surface area contributed by atoms with Crippen LogP contribution in [0.2, 0.25) is 0 Å². The maximum absolute atomic E-state index is 13.4. The van der Waals surface area contributed by atoms with Crippen LogP contribution in [0, 0.1) is 11.3 Å². The Morgan fingerprint density at radius 2 is 2.00 bits per heavy atom. The molecule has 0 spiro atoms. The zero-order valence-corrected chi connectivity index (χ0v) is 17.2. The van der Waals surface area contributed by atoms with Crippen LogP contribution in [0.3, 0.4) is 0 Å². The summed E-state index contributed by atoms with van der Waals surface area (Å²) in [6.07, 6.45) is 0.0844. The first-order valence-electron chi connectivity index (χ1n) is 10.1. The standard InChI is InChI=1S/C21H15F3N8O2/c22-21(23,24)14-6-13(2-1-10(14)8-25)27-16-7-17(28-12-3-4-12)32-18(30-16)11(9-26-32)5-15-19(33)31-20(34)29-15/h1-2,5-7,9,12,28H,3-4H2,(H,27,30)(H2,29,31,33,34)/b15-5-. The van der Waals surface area contributed by atoms with E-state index in [0.29, 0.717) is 17.0 Å². The Labute approximate surface area is 189 Å². The van der Waals surface area contributed by atoms with Gasteiger partial charge in [0, 0.05) is 23.4 Å². The number of nitriles is 1. The molecule has 2 aromatic heterocycles. The average Bonchev–Trinajstić information content (AvgIpc) is 3.41. The first-order chi connectivity index (χ1) is 16.2. The number of fused-ring (bicyclic) bond motifs is 1. The van der Waals surface area contributed by atoms with Gasteiger partial charge in [-0.05, 0) is 37.1 Å². The second-order valence-electron chi connectivity index (χ2n) is 7.74. The van der Waals surface area contributed by atoms with E-state index < -0.39 is 29.2 Å². The summed E-state index contributed by atoms with van der Waals surface area (Å²) in [7, 11) is 0. The van der Waals surface area contributed by atoms with Gasteiger partial charge in [-0.3, -0.25) is 10.1 Å². The quantitative estimate of drug-likeness (QED) is 0.334. The van der Waals surface area contributed by atoms with Crippen LogP contribution in [-0.2, 0) is 11.0 Å². The lowest BCUT2D eigenvalue weighted by Gasteiger charge is -2.14. The molecule has 5 rings (SSSR count). The van der Waals surface area contributed by atoms with Crippen LogP contribution in [0.4, 0.5) is 35.3 Å². The smallest absolute Gasteiger partial charge is 0.367 e. The molecule has 4 N–H and O–H groups in total. The summed E-state index contributed by atoms with van der Waals surface area (Å²) >= 11 is 0. The van der Waals surface area contributed by atoms with E-state index in [1.807, 2.05) is 0 Å². The van der Waals surface area contributed by atoms with Crippen LogP contribution >= 0.6 is 0 Å². The van der Waals surface area contributed by atoms with Gasteiger partial charge in [-0.1, -0.05) is 0 Å². The lowest BCUT2D eigenvalue weighted by molar-refractivity contribution is -0.137. The van der Waals surface area contributed by atoms with Crippen molar-refractivity contribution < 1.29 is 22.8 Å². The Balaban J connectivity index is 1.56. The molecule has 1 aliphatic heterocycles. The Bertz CT molecular complexity index is 1420. The molecule has 2 fully saturated rings. The minimum Gasteiger partial charge on any atom is -0.367 e. The number of alkyl halides is 3. The van der Waals surface area contributed by atoms with Gasteiger partial charge in [0.2, 0.25) is 0 Å². The third-order valence-electron chi connectivity index (χ3n) is 5.17. The van der Waals surface area contributed by atoms with Crippen molar-refractivity contribution in [3.8, 4) is 6.07 Å². The number of halogens is 3. The van der Waals surface area contributed by atoms with Crippen molar-refractivity contribution in [3.05, 3.63) is 52.8 Å². The van der Waals surface area contributed by atoms with Crippen molar-refractivity contribution in [2.45, 2.75) is 25.1 Å². The predicted molar refractivity (Wildman–Crippen MR) is 114 cm³/mol. The third kappa shape index (κ3) is 4.08. The first kappa shape index (κ1) is 21.3. The summed E-state index contributed by atoms with van der Waals surface area (Å²) in [6, 6.07) is 6.01. The molecule has 1 aliphatic carbocycles. The fourth-order valence-corrected chi connectivity index (χ4v) is 3.43. The van der Waals surface area contributed by atoms with Gasteiger partial charge < -0.3 is 16.0 Å². The number of carbonyl (C=O) groups is 2. The highest BCUT2D eigenvalue weighted by atomic mass is 19.4. The van der Waals surface area contributed by atoms with Gasteiger partial charge in [-0.15, -0.1) is 0 Å². The van der Waals surface area contributed by atoms with Gasteiger partial charge in [-0.25, -0.2) is 9.78 Å². The number of aromatic nitrogens is 3. The first-order valence-corrected chi connectivity index (χ1v) is 10.1. The number of rotatable bonds is 5. The molecule has 3 heterocycles. The van der Waals surface area contributed by atoms with Gasteiger partial charge >= 0.3 is 12.2 Å². The van der Waals surface area contributed by atoms with Crippen molar-refractivity contribution in [3.63, 3.8) is 0 Å². The number of anilines is 3. The van der Waals surface area contributed by atoms with Crippen LogP contribution in [0.1, 0.15) is 29.5 Å². The van der Waals surface area contributed by atoms with Crippen molar-refractivity contribution in [1.29, 1.82) is 5.26 Å². The lowest BCUT2D eigenvalue weighted by Crippen LogP contribution is -2.22. The van der Waals surface area contributed by atoms with Crippen LogP contribution in [0.5, 0.6) is 0 Å². The maximum Gasteiger partial charge on any atom is 0.417 e.